The van der Waals surface area contributed by atoms with Crippen molar-refractivity contribution in [1.82, 2.24) is 14.9 Å². The summed E-state index contributed by atoms with van der Waals surface area (Å²) in [5, 5.41) is 9.89. The molecule has 3 rings (SSSR count). The largest absolute Gasteiger partial charge is 0.508 e. The number of benzene rings is 1. The zero-order valence-electron chi connectivity index (χ0n) is 15.4. The first-order valence-corrected chi connectivity index (χ1v) is 10.1. The molecule has 1 saturated heterocycles. The number of aryl methyl sites for hydroxylation is 1. The molecule has 2 heterocycles. The molecule has 0 spiro atoms. The van der Waals surface area contributed by atoms with Gasteiger partial charge in [-0.25, -0.2) is 4.98 Å². The molecule has 0 saturated carbocycles. The molecule has 1 amide bonds. The first kappa shape index (κ1) is 19.3. The van der Waals surface area contributed by atoms with Crippen molar-refractivity contribution in [1.29, 1.82) is 0 Å². The number of thioether (sulfide) groups is 1. The second kappa shape index (κ2) is 8.94. The molecule has 1 aliphatic rings. The molecule has 1 fully saturated rings. The third-order valence-corrected chi connectivity index (χ3v) is 5.32. The fourth-order valence-electron chi connectivity index (χ4n) is 3.03. The van der Waals surface area contributed by atoms with E-state index in [4.69, 9.17) is 0 Å². The van der Waals surface area contributed by atoms with Gasteiger partial charge >= 0.3 is 0 Å². The van der Waals surface area contributed by atoms with Crippen LogP contribution in [-0.4, -0.2) is 57.8 Å². The molecule has 0 radical (unpaired) electrons. The molecular weight excluding hydrogens is 364 g/mol. The minimum atomic E-state index is -0.175. The molecule has 0 unspecified atom stereocenters. The highest BCUT2D eigenvalue weighted by atomic mass is 32.2. The van der Waals surface area contributed by atoms with Gasteiger partial charge in [-0.05, 0) is 30.7 Å². The lowest BCUT2D eigenvalue weighted by molar-refractivity contribution is -0.128. The Morgan fingerprint density at radius 1 is 1.22 bits per heavy atom. The number of aromatic nitrogens is 2. The predicted molar refractivity (Wildman–Crippen MR) is 106 cm³/mol. The Kier molecular flexibility index (Phi) is 6.39. The Labute approximate surface area is 162 Å². The maximum atomic E-state index is 12.5. The van der Waals surface area contributed by atoms with Crippen LogP contribution >= 0.6 is 11.8 Å². The first-order valence-electron chi connectivity index (χ1n) is 9.10. The lowest BCUT2D eigenvalue weighted by Gasteiger charge is -2.36. The number of phenolic OH excluding ortho intramolecular Hbond substituents is 1. The quantitative estimate of drug-likeness (QED) is 0.580. The SMILES string of the molecule is CCCc1cc(=O)[nH]c(SCC(=O)N2CCN(c3ccc(O)cc3)CC2)n1. The van der Waals surface area contributed by atoms with Gasteiger partial charge in [-0.15, -0.1) is 0 Å². The summed E-state index contributed by atoms with van der Waals surface area (Å²) in [5.41, 5.74) is 1.63. The topological polar surface area (TPSA) is 89.5 Å². The molecule has 1 aliphatic heterocycles. The summed E-state index contributed by atoms with van der Waals surface area (Å²) in [6.07, 6.45) is 1.68. The normalized spacial score (nSPS) is 14.4. The maximum Gasteiger partial charge on any atom is 0.251 e. The first-order chi connectivity index (χ1) is 13.0. The molecule has 144 valence electrons. The lowest BCUT2D eigenvalue weighted by atomic mass is 10.2. The van der Waals surface area contributed by atoms with Crippen LogP contribution in [0.4, 0.5) is 5.69 Å². The molecule has 7 nitrogen and oxygen atoms in total. The van der Waals surface area contributed by atoms with Gasteiger partial charge in [0.1, 0.15) is 5.75 Å². The summed E-state index contributed by atoms with van der Waals surface area (Å²) in [5.74, 6) is 0.561. The Morgan fingerprint density at radius 3 is 2.59 bits per heavy atom. The zero-order valence-corrected chi connectivity index (χ0v) is 16.2. The Hall–Kier alpha value is -2.48. The highest BCUT2D eigenvalue weighted by molar-refractivity contribution is 7.99. The Balaban J connectivity index is 1.51. The highest BCUT2D eigenvalue weighted by Crippen LogP contribution is 2.20. The van der Waals surface area contributed by atoms with E-state index in [1.54, 1.807) is 12.1 Å². The highest BCUT2D eigenvalue weighted by Gasteiger charge is 2.21. The van der Waals surface area contributed by atoms with E-state index in [1.165, 1.54) is 17.8 Å². The third kappa shape index (κ3) is 5.26. The number of carbonyl (C=O) groups is 1. The van der Waals surface area contributed by atoms with Crippen LogP contribution in [0.5, 0.6) is 5.75 Å². The third-order valence-electron chi connectivity index (χ3n) is 4.46. The molecule has 1 aromatic heterocycles. The number of carbonyl (C=O) groups excluding carboxylic acids is 1. The van der Waals surface area contributed by atoms with Crippen LogP contribution in [0.3, 0.4) is 0 Å². The number of piperazine rings is 1. The van der Waals surface area contributed by atoms with E-state index in [1.807, 2.05) is 24.0 Å². The van der Waals surface area contributed by atoms with Crippen molar-refractivity contribution >= 4 is 23.4 Å². The monoisotopic (exact) mass is 388 g/mol. The van der Waals surface area contributed by atoms with E-state index in [0.29, 0.717) is 18.2 Å². The van der Waals surface area contributed by atoms with Crippen LogP contribution in [0.1, 0.15) is 19.0 Å². The van der Waals surface area contributed by atoms with Crippen molar-refractivity contribution < 1.29 is 9.90 Å². The Bertz CT molecular complexity index is 830. The molecule has 0 bridgehead atoms. The molecule has 2 aromatic rings. The van der Waals surface area contributed by atoms with E-state index in [2.05, 4.69) is 14.9 Å². The van der Waals surface area contributed by atoms with E-state index >= 15 is 0 Å². The summed E-state index contributed by atoms with van der Waals surface area (Å²) in [6.45, 7) is 4.85. The Morgan fingerprint density at radius 2 is 1.93 bits per heavy atom. The fourth-order valence-corrected chi connectivity index (χ4v) is 3.83. The summed E-state index contributed by atoms with van der Waals surface area (Å²) >= 11 is 1.28. The predicted octanol–water partition coefficient (Wildman–Crippen LogP) is 1.87. The number of hydrogen-bond acceptors (Lipinski definition) is 6. The summed E-state index contributed by atoms with van der Waals surface area (Å²) in [4.78, 5) is 35.3. The van der Waals surface area contributed by atoms with Gasteiger partial charge in [-0.1, -0.05) is 25.1 Å². The average molecular weight is 388 g/mol. The van der Waals surface area contributed by atoms with Crippen molar-refractivity contribution in [2.24, 2.45) is 0 Å². The van der Waals surface area contributed by atoms with Crippen molar-refractivity contribution in [3.8, 4) is 5.75 Å². The van der Waals surface area contributed by atoms with Crippen LogP contribution < -0.4 is 10.5 Å². The second-order valence-corrected chi connectivity index (χ2v) is 7.43. The van der Waals surface area contributed by atoms with Crippen molar-refractivity contribution in [3.05, 3.63) is 46.4 Å². The standard InChI is InChI=1S/C19H24N4O3S/c1-2-3-14-12-17(25)21-19(20-14)27-13-18(26)23-10-8-22(9-11-23)15-4-6-16(24)7-5-15/h4-7,12,24H,2-3,8-11,13H2,1H3,(H,20,21,25). The fraction of sp³-hybridized carbons (Fsp3) is 0.421. The number of amides is 1. The van der Waals surface area contributed by atoms with Crippen LogP contribution in [-0.2, 0) is 11.2 Å². The summed E-state index contributed by atoms with van der Waals surface area (Å²) in [6, 6.07) is 8.62. The van der Waals surface area contributed by atoms with Gasteiger partial charge in [0.25, 0.3) is 5.56 Å². The summed E-state index contributed by atoms with van der Waals surface area (Å²) < 4.78 is 0. The van der Waals surface area contributed by atoms with Crippen LogP contribution in [0.25, 0.3) is 0 Å². The minimum absolute atomic E-state index is 0.0499. The van der Waals surface area contributed by atoms with E-state index in [9.17, 15) is 14.7 Å². The molecule has 2 N–H and O–H groups in total. The molecule has 8 heteroatoms. The van der Waals surface area contributed by atoms with Gasteiger partial charge in [-0.3, -0.25) is 9.59 Å². The van der Waals surface area contributed by atoms with E-state index in [-0.39, 0.29) is 23.0 Å². The molecule has 0 aliphatic carbocycles. The maximum absolute atomic E-state index is 12.5. The van der Waals surface area contributed by atoms with Gasteiger partial charge in [0.2, 0.25) is 5.91 Å². The molecule has 0 atom stereocenters. The number of hydrogen-bond donors (Lipinski definition) is 2. The average Bonchev–Trinajstić information content (AvgIpc) is 2.67. The van der Waals surface area contributed by atoms with Crippen molar-refractivity contribution in [3.63, 3.8) is 0 Å². The number of phenols is 1. The second-order valence-electron chi connectivity index (χ2n) is 6.46. The van der Waals surface area contributed by atoms with E-state index < -0.39 is 0 Å². The van der Waals surface area contributed by atoms with E-state index in [0.717, 1.165) is 37.3 Å². The zero-order chi connectivity index (χ0) is 19.2. The smallest absolute Gasteiger partial charge is 0.251 e. The van der Waals surface area contributed by atoms with Crippen LogP contribution in [0.2, 0.25) is 0 Å². The van der Waals surface area contributed by atoms with Gasteiger partial charge in [0.05, 0.1) is 5.75 Å². The van der Waals surface area contributed by atoms with Crippen molar-refractivity contribution in [2.75, 3.05) is 36.8 Å². The number of anilines is 1. The number of H-pyrrole nitrogens is 1. The molecular formula is C19H24N4O3S. The van der Waals surface area contributed by atoms with Crippen LogP contribution in [0, 0.1) is 0 Å². The van der Waals surface area contributed by atoms with Gasteiger partial charge in [-0.2, -0.15) is 0 Å². The van der Waals surface area contributed by atoms with Gasteiger partial charge in [0.15, 0.2) is 5.16 Å². The number of nitrogens with zero attached hydrogens (tertiary/aromatic N) is 3. The summed E-state index contributed by atoms with van der Waals surface area (Å²) in [7, 11) is 0. The van der Waals surface area contributed by atoms with Gasteiger partial charge < -0.3 is 19.9 Å². The molecule has 27 heavy (non-hydrogen) atoms. The number of aromatic hydroxyl groups is 1. The van der Waals surface area contributed by atoms with Gasteiger partial charge in [0, 0.05) is 43.6 Å². The lowest BCUT2D eigenvalue weighted by Crippen LogP contribution is -2.49. The molecule has 1 aromatic carbocycles. The number of rotatable bonds is 6. The van der Waals surface area contributed by atoms with Crippen LogP contribution in [0.15, 0.2) is 40.3 Å². The number of aromatic amines is 1. The minimum Gasteiger partial charge on any atom is -0.508 e. The van der Waals surface area contributed by atoms with Crippen molar-refractivity contribution in [2.45, 2.75) is 24.9 Å². The number of nitrogens with one attached hydrogen (secondary N) is 1.